The molecule has 6 nitrogen and oxygen atoms in total. The van der Waals surface area contributed by atoms with Crippen LogP contribution in [0.15, 0.2) is 48.5 Å². The van der Waals surface area contributed by atoms with E-state index in [2.05, 4.69) is 43.4 Å². The highest BCUT2D eigenvalue weighted by Gasteiger charge is 2.12. The topological polar surface area (TPSA) is 78.9 Å². The van der Waals surface area contributed by atoms with E-state index in [0.29, 0.717) is 25.2 Å². The van der Waals surface area contributed by atoms with Gasteiger partial charge in [0.2, 0.25) is 0 Å². The summed E-state index contributed by atoms with van der Waals surface area (Å²) in [7, 11) is 0. The largest absolute Gasteiger partial charge is 0.479 e. The van der Waals surface area contributed by atoms with Gasteiger partial charge in [-0.15, -0.1) is 0 Å². The van der Waals surface area contributed by atoms with Crippen LogP contribution in [0.5, 0.6) is 0 Å². The van der Waals surface area contributed by atoms with Gasteiger partial charge in [0.1, 0.15) is 0 Å². The highest BCUT2D eigenvalue weighted by atomic mass is 16.7. The summed E-state index contributed by atoms with van der Waals surface area (Å²) in [5, 5.41) is 13.8. The van der Waals surface area contributed by atoms with Crippen molar-refractivity contribution in [3.8, 4) is 0 Å². The standard InChI is InChI=1S/C34H52N2O4/c1-3-5-7-8-9-10-11-12-13-15-25-35-34(39)32-23-21-31(22-24-32)27-36(40-28-33(37)38)26-30-19-17-29(18-20-30)16-14-6-4-2/h17-24H,3-16,25-28H2,1-2H3,(H,35,39)(H,37,38). The molecule has 2 aromatic rings. The molecule has 2 aromatic carbocycles. The predicted octanol–water partition coefficient (Wildman–Crippen LogP) is 8.09. The first-order chi connectivity index (χ1) is 19.5. The molecule has 0 unspecified atom stereocenters. The van der Waals surface area contributed by atoms with Crippen LogP contribution in [0.3, 0.4) is 0 Å². The van der Waals surface area contributed by atoms with Crippen molar-refractivity contribution in [1.82, 2.24) is 10.4 Å². The van der Waals surface area contributed by atoms with Crippen molar-refractivity contribution in [2.24, 2.45) is 0 Å². The molecule has 1 amide bonds. The SMILES string of the molecule is CCCCCCCCCCCCNC(=O)c1ccc(CN(Cc2ccc(CCCCC)cc2)OCC(=O)O)cc1. The molecule has 0 aliphatic heterocycles. The molecule has 0 radical (unpaired) electrons. The molecule has 0 saturated heterocycles. The Morgan fingerprint density at radius 2 is 1.15 bits per heavy atom. The fraction of sp³-hybridized carbons (Fsp3) is 0.588. The Kier molecular flexibility index (Phi) is 17.7. The molecular formula is C34H52N2O4. The number of benzene rings is 2. The number of aliphatic carboxylic acids is 1. The molecule has 2 N–H and O–H groups in total. The Balaban J connectivity index is 1.75. The number of unbranched alkanes of at least 4 members (excludes halogenated alkanes) is 11. The third-order valence-corrected chi connectivity index (χ3v) is 7.21. The molecule has 0 heterocycles. The molecule has 0 saturated carbocycles. The number of carbonyl (C=O) groups is 2. The molecule has 0 aliphatic carbocycles. The summed E-state index contributed by atoms with van der Waals surface area (Å²) in [4.78, 5) is 29.3. The Bertz CT molecular complexity index is 943. The highest BCUT2D eigenvalue weighted by Crippen LogP contribution is 2.15. The van der Waals surface area contributed by atoms with Crippen LogP contribution in [0.25, 0.3) is 0 Å². The van der Waals surface area contributed by atoms with Gasteiger partial charge in [-0.1, -0.05) is 121 Å². The van der Waals surface area contributed by atoms with Crippen molar-refractivity contribution < 1.29 is 19.5 Å². The zero-order chi connectivity index (χ0) is 28.8. The molecule has 0 spiro atoms. The normalized spacial score (nSPS) is 11.2. The first-order valence-corrected chi connectivity index (χ1v) is 15.6. The van der Waals surface area contributed by atoms with Crippen LogP contribution in [0.4, 0.5) is 0 Å². The van der Waals surface area contributed by atoms with E-state index in [1.54, 1.807) is 5.06 Å². The Morgan fingerprint density at radius 1 is 0.675 bits per heavy atom. The van der Waals surface area contributed by atoms with E-state index >= 15 is 0 Å². The van der Waals surface area contributed by atoms with Crippen molar-refractivity contribution in [2.75, 3.05) is 13.2 Å². The highest BCUT2D eigenvalue weighted by molar-refractivity contribution is 5.94. The van der Waals surface area contributed by atoms with E-state index in [0.717, 1.165) is 30.4 Å². The van der Waals surface area contributed by atoms with Crippen molar-refractivity contribution in [2.45, 2.75) is 117 Å². The smallest absolute Gasteiger partial charge is 0.331 e. The van der Waals surface area contributed by atoms with Crippen molar-refractivity contribution in [3.05, 3.63) is 70.8 Å². The Morgan fingerprint density at radius 3 is 1.70 bits per heavy atom. The molecule has 222 valence electrons. The van der Waals surface area contributed by atoms with Gasteiger partial charge in [0.15, 0.2) is 6.61 Å². The van der Waals surface area contributed by atoms with Gasteiger partial charge in [0, 0.05) is 25.2 Å². The van der Waals surface area contributed by atoms with Gasteiger partial charge in [-0.25, -0.2) is 4.79 Å². The second-order valence-electron chi connectivity index (χ2n) is 10.9. The van der Waals surface area contributed by atoms with Gasteiger partial charge in [0.25, 0.3) is 5.91 Å². The monoisotopic (exact) mass is 552 g/mol. The zero-order valence-electron chi connectivity index (χ0n) is 25.0. The number of hydroxylamine groups is 2. The number of carboxylic acid groups (broad SMARTS) is 1. The summed E-state index contributed by atoms with van der Waals surface area (Å²) >= 11 is 0. The minimum atomic E-state index is -1.01. The van der Waals surface area contributed by atoms with Crippen LogP contribution in [-0.4, -0.2) is 35.2 Å². The number of rotatable bonds is 23. The molecular weight excluding hydrogens is 500 g/mol. The quantitative estimate of drug-likeness (QED) is 0.108. The van der Waals surface area contributed by atoms with Crippen LogP contribution in [0, 0.1) is 0 Å². The molecule has 0 bridgehead atoms. The van der Waals surface area contributed by atoms with E-state index in [4.69, 9.17) is 9.94 Å². The van der Waals surface area contributed by atoms with Gasteiger partial charge in [-0.05, 0) is 48.1 Å². The third-order valence-electron chi connectivity index (χ3n) is 7.21. The molecule has 0 aromatic heterocycles. The number of amides is 1. The molecule has 0 atom stereocenters. The summed E-state index contributed by atoms with van der Waals surface area (Å²) in [6.45, 7) is 5.66. The lowest BCUT2D eigenvalue weighted by molar-refractivity contribution is -0.190. The number of nitrogens with zero attached hydrogens (tertiary/aromatic N) is 1. The first-order valence-electron chi connectivity index (χ1n) is 15.6. The minimum absolute atomic E-state index is 0.0551. The Labute approximate surface area is 242 Å². The molecule has 0 fully saturated rings. The van der Waals surface area contributed by atoms with Gasteiger partial charge in [-0.2, -0.15) is 5.06 Å². The maximum atomic E-state index is 12.6. The maximum Gasteiger partial charge on any atom is 0.331 e. The summed E-state index contributed by atoms with van der Waals surface area (Å²) < 4.78 is 0. The lowest BCUT2D eigenvalue weighted by Crippen LogP contribution is -2.26. The van der Waals surface area contributed by atoms with Crippen LogP contribution < -0.4 is 5.32 Å². The molecule has 0 aliphatic rings. The average molecular weight is 553 g/mol. The van der Waals surface area contributed by atoms with Gasteiger partial charge in [-0.3, -0.25) is 9.63 Å². The van der Waals surface area contributed by atoms with Crippen molar-refractivity contribution in [1.29, 1.82) is 0 Å². The van der Waals surface area contributed by atoms with E-state index in [1.165, 1.54) is 76.2 Å². The number of hydrogen-bond donors (Lipinski definition) is 2. The summed E-state index contributed by atoms with van der Waals surface area (Å²) in [5.74, 6) is -1.06. The second-order valence-corrected chi connectivity index (χ2v) is 10.9. The van der Waals surface area contributed by atoms with E-state index in [-0.39, 0.29) is 5.91 Å². The van der Waals surface area contributed by atoms with E-state index in [1.807, 2.05) is 24.3 Å². The fourth-order valence-corrected chi connectivity index (χ4v) is 4.77. The maximum absolute atomic E-state index is 12.6. The second kappa shape index (κ2) is 21.1. The van der Waals surface area contributed by atoms with Crippen LogP contribution in [-0.2, 0) is 29.1 Å². The number of nitrogens with one attached hydrogen (secondary N) is 1. The Hall–Kier alpha value is -2.70. The number of aryl methyl sites for hydroxylation is 1. The van der Waals surface area contributed by atoms with Crippen LogP contribution in [0.2, 0.25) is 0 Å². The summed E-state index contributed by atoms with van der Waals surface area (Å²) in [5.41, 5.74) is 3.96. The lowest BCUT2D eigenvalue weighted by atomic mass is 10.1. The number of hydrogen-bond acceptors (Lipinski definition) is 4. The third kappa shape index (κ3) is 15.2. The molecule has 2 rings (SSSR count). The summed E-state index contributed by atoms with van der Waals surface area (Å²) in [6, 6.07) is 15.9. The van der Waals surface area contributed by atoms with Crippen molar-refractivity contribution >= 4 is 11.9 Å². The number of carboxylic acids is 1. The first kappa shape index (κ1) is 33.5. The van der Waals surface area contributed by atoms with Crippen molar-refractivity contribution in [3.63, 3.8) is 0 Å². The zero-order valence-corrected chi connectivity index (χ0v) is 25.0. The fourth-order valence-electron chi connectivity index (χ4n) is 4.77. The minimum Gasteiger partial charge on any atom is -0.479 e. The average Bonchev–Trinajstić information content (AvgIpc) is 2.96. The predicted molar refractivity (Wildman–Crippen MR) is 163 cm³/mol. The number of carbonyl (C=O) groups excluding carboxylic acids is 1. The van der Waals surface area contributed by atoms with Crippen LogP contribution in [0.1, 0.15) is 124 Å². The van der Waals surface area contributed by atoms with Gasteiger partial charge >= 0.3 is 5.97 Å². The molecule has 6 heteroatoms. The van der Waals surface area contributed by atoms with Gasteiger partial charge < -0.3 is 10.4 Å². The van der Waals surface area contributed by atoms with Gasteiger partial charge in [0.05, 0.1) is 0 Å². The van der Waals surface area contributed by atoms with E-state index in [9.17, 15) is 9.59 Å². The lowest BCUT2D eigenvalue weighted by Gasteiger charge is -2.21. The summed E-state index contributed by atoms with van der Waals surface area (Å²) in [6.07, 6.45) is 17.5. The molecule has 40 heavy (non-hydrogen) atoms. The van der Waals surface area contributed by atoms with E-state index < -0.39 is 12.6 Å². The van der Waals surface area contributed by atoms with Crippen LogP contribution >= 0.6 is 0 Å².